The van der Waals surface area contributed by atoms with Gasteiger partial charge in [-0.3, -0.25) is 4.79 Å². The minimum absolute atomic E-state index is 0.148. The average Bonchev–Trinajstić information content (AvgIpc) is 2.49. The lowest BCUT2D eigenvalue weighted by molar-refractivity contribution is -0.147. The SMILES string of the molecule is COC(=O)C1CCCCN1C(=O)c1cc(F)c(F)cc1N. The monoisotopic (exact) mass is 298 g/mol. The van der Waals surface area contributed by atoms with E-state index in [-0.39, 0.29) is 11.3 Å². The molecule has 0 bridgehead atoms. The zero-order valence-corrected chi connectivity index (χ0v) is 11.6. The summed E-state index contributed by atoms with van der Waals surface area (Å²) in [6.45, 7) is 0.344. The molecule has 1 aliphatic heterocycles. The molecule has 1 atom stereocenters. The maximum Gasteiger partial charge on any atom is 0.328 e. The van der Waals surface area contributed by atoms with E-state index in [1.54, 1.807) is 0 Å². The fourth-order valence-electron chi connectivity index (χ4n) is 2.46. The largest absolute Gasteiger partial charge is 0.467 e. The van der Waals surface area contributed by atoms with Crippen LogP contribution < -0.4 is 5.73 Å². The van der Waals surface area contributed by atoms with Crippen LogP contribution in [0, 0.1) is 11.6 Å². The van der Waals surface area contributed by atoms with E-state index >= 15 is 0 Å². The summed E-state index contributed by atoms with van der Waals surface area (Å²) in [5.41, 5.74) is 5.27. The van der Waals surface area contributed by atoms with Crippen LogP contribution in [0.15, 0.2) is 12.1 Å². The molecule has 1 aromatic rings. The van der Waals surface area contributed by atoms with Gasteiger partial charge < -0.3 is 15.4 Å². The number of nitrogens with zero attached hydrogens (tertiary/aromatic N) is 1. The second kappa shape index (κ2) is 6.07. The van der Waals surface area contributed by atoms with E-state index in [1.165, 1.54) is 12.0 Å². The molecule has 5 nitrogen and oxygen atoms in total. The summed E-state index contributed by atoms with van der Waals surface area (Å²) in [4.78, 5) is 25.5. The molecule has 0 aliphatic carbocycles. The van der Waals surface area contributed by atoms with E-state index in [0.717, 1.165) is 25.0 Å². The van der Waals surface area contributed by atoms with Crippen molar-refractivity contribution in [2.24, 2.45) is 0 Å². The maximum absolute atomic E-state index is 13.3. The van der Waals surface area contributed by atoms with E-state index < -0.39 is 29.6 Å². The van der Waals surface area contributed by atoms with Crippen LogP contribution in [0.25, 0.3) is 0 Å². The number of benzene rings is 1. The van der Waals surface area contributed by atoms with Gasteiger partial charge in [0, 0.05) is 18.3 Å². The highest BCUT2D eigenvalue weighted by molar-refractivity contribution is 6.01. The summed E-state index contributed by atoms with van der Waals surface area (Å²) >= 11 is 0. The molecule has 1 saturated heterocycles. The number of carbonyl (C=O) groups is 2. The predicted molar refractivity (Wildman–Crippen MR) is 71.5 cm³/mol. The van der Waals surface area contributed by atoms with Crippen LogP contribution in [-0.2, 0) is 9.53 Å². The highest BCUT2D eigenvalue weighted by atomic mass is 19.2. The number of nitrogens with two attached hydrogens (primary N) is 1. The van der Waals surface area contributed by atoms with Gasteiger partial charge in [-0.25, -0.2) is 13.6 Å². The van der Waals surface area contributed by atoms with Gasteiger partial charge in [-0.1, -0.05) is 0 Å². The molecule has 1 unspecified atom stereocenters. The van der Waals surface area contributed by atoms with Crippen molar-refractivity contribution < 1.29 is 23.1 Å². The second-order valence-electron chi connectivity index (χ2n) is 4.89. The van der Waals surface area contributed by atoms with Gasteiger partial charge in [0.15, 0.2) is 11.6 Å². The number of piperidine rings is 1. The van der Waals surface area contributed by atoms with E-state index in [9.17, 15) is 18.4 Å². The number of nitrogen functional groups attached to an aromatic ring is 1. The molecule has 114 valence electrons. The fourth-order valence-corrected chi connectivity index (χ4v) is 2.46. The standard InChI is InChI=1S/C14H16F2N2O3/c1-21-14(20)12-4-2-3-5-18(12)13(19)8-6-9(15)10(16)7-11(8)17/h6-7,12H,2-5,17H2,1H3. The van der Waals surface area contributed by atoms with Crippen molar-refractivity contribution in [3.8, 4) is 0 Å². The Kier molecular flexibility index (Phi) is 4.40. The van der Waals surface area contributed by atoms with Crippen molar-refractivity contribution in [2.45, 2.75) is 25.3 Å². The average molecular weight is 298 g/mol. The van der Waals surface area contributed by atoms with Gasteiger partial charge in [-0.05, 0) is 25.3 Å². The molecule has 1 amide bonds. The number of rotatable bonds is 2. The van der Waals surface area contributed by atoms with Crippen molar-refractivity contribution in [3.63, 3.8) is 0 Å². The first-order valence-electron chi connectivity index (χ1n) is 6.59. The number of esters is 1. The molecule has 0 aromatic heterocycles. The molecule has 1 aromatic carbocycles. The summed E-state index contributed by atoms with van der Waals surface area (Å²) in [6.07, 6.45) is 1.99. The molecule has 21 heavy (non-hydrogen) atoms. The summed E-state index contributed by atoms with van der Waals surface area (Å²) in [5.74, 6) is -3.39. The molecule has 2 rings (SSSR count). The highest BCUT2D eigenvalue weighted by Gasteiger charge is 2.34. The second-order valence-corrected chi connectivity index (χ2v) is 4.89. The number of amides is 1. The lowest BCUT2D eigenvalue weighted by atomic mass is 10.0. The summed E-state index contributed by atoms with van der Waals surface area (Å²) in [7, 11) is 1.24. The number of likely N-dealkylation sites (tertiary alicyclic amines) is 1. The lowest BCUT2D eigenvalue weighted by Gasteiger charge is -2.34. The molecule has 1 aliphatic rings. The van der Waals surface area contributed by atoms with Gasteiger partial charge in [0.1, 0.15) is 6.04 Å². The van der Waals surface area contributed by atoms with Crippen molar-refractivity contribution in [2.75, 3.05) is 19.4 Å². The van der Waals surface area contributed by atoms with Gasteiger partial charge >= 0.3 is 5.97 Å². The van der Waals surface area contributed by atoms with Crippen LogP contribution in [0.2, 0.25) is 0 Å². The molecule has 7 heteroatoms. The Morgan fingerprint density at radius 3 is 2.62 bits per heavy atom. The number of ether oxygens (including phenoxy) is 1. The number of hydrogen-bond acceptors (Lipinski definition) is 4. The van der Waals surface area contributed by atoms with Crippen LogP contribution in [0.3, 0.4) is 0 Å². The first-order chi connectivity index (χ1) is 9.95. The van der Waals surface area contributed by atoms with Crippen molar-refractivity contribution in [1.29, 1.82) is 0 Å². The van der Waals surface area contributed by atoms with Gasteiger partial charge in [0.05, 0.1) is 12.7 Å². The third-order valence-corrected chi connectivity index (χ3v) is 3.56. The zero-order valence-electron chi connectivity index (χ0n) is 11.6. The summed E-state index contributed by atoms with van der Waals surface area (Å²) in [5, 5.41) is 0. The summed E-state index contributed by atoms with van der Waals surface area (Å²) in [6, 6.07) is 0.805. The Labute approximate surface area is 120 Å². The van der Waals surface area contributed by atoms with Gasteiger partial charge in [0.2, 0.25) is 0 Å². The number of methoxy groups -OCH3 is 1. The van der Waals surface area contributed by atoms with Crippen LogP contribution in [0.4, 0.5) is 14.5 Å². The first kappa shape index (κ1) is 15.2. The number of carbonyl (C=O) groups excluding carboxylic acids is 2. The Balaban J connectivity index is 2.33. The van der Waals surface area contributed by atoms with E-state index in [2.05, 4.69) is 4.74 Å². The lowest BCUT2D eigenvalue weighted by Crippen LogP contribution is -2.48. The molecule has 2 N–H and O–H groups in total. The zero-order chi connectivity index (χ0) is 15.6. The van der Waals surface area contributed by atoms with Crippen molar-refractivity contribution >= 4 is 17.6 Å². The van der Waals surface area contributed by atoms with Crippen LogP contribution >= 0.6 is 0 Å². The van der Waals surface area contributed by atoms with Crippen LogP contribution in [0.5, 0.6) is 0 Å². The van der Waals surface area contributed by atoms with Crippen molar-refractivity contribution in [1.82, 2.24) is 4.90 Å². The minimum atomic E-state index is -1.15. The number of anilines is 1. The molecular weight excluding hydrogens is 282 g/mol. The van der Waals surface area contributed by atoms with Gasteiger partial charge in [-0.15, -0.1) is 0 Å². The fraction of sp³-hybridized carbons (Fsp3) is 0.429. The minimum Gasteiger partial charge on any atom is -0.467 e. The first-order valence-corrected chi connectivity index (χ1v) is 6.59. The summed E-state index contributed by atoms with van der Waals surface area (Å²) < 4.78 is 31.1. The Bertz CT molecular complexity index is 578. The van der Waals surface area contributed by atoms with Crippen LogP contribution in [-0.4, -0.2) is 36.5 Å². The molecular formula is C14H16F2N2O3. The Morgan fingerprint density at radius 2 is 1.95 bits per heavy atom. The number of hydrogen-bond donors (Lipinski definition) is 1. The molecule has 0 spiro atoms. The predicted octanol–water partition coefficient (Wildman–Crippen LogP) is 1.71. The molecule has 0 radical (unpaired) electrons. The van der Waals surface area contributed by atoms with Gasteiger partial charge in [0.25, 0.3) is 5.91 Å². The topological polar surface area (TPSA) is 72.6 Å². The highest BCUT2D eigenvalue weighted by Crippen LogP contribution is 2.24. The van der Waals surface area contributed by atoms with E-state index in [1.807, 2.05) is 0 Å². The smallest absolute Gasteiger partial charge is 0.328 e. The molecule has 0 saturated carbocycles. The maximum atomic E-state index is 13.3. The van der Waals surface area contributed by atoms with Crippen LogP contribution in [0.1, 0.15) is 29.6 Å². The van der Waals surface area contributed by atoms with E-state index in [4.69, 9.17) is 5.73 Å². The normalized spacial score (nSPS) is 18.4. The molecule has 1 fully saturated rings. The number of halogens is 2. The van der Waals surface area contributed by atoms with Gasteiger partial charge in [-0.2, -0.15) is 0 Å². The molecule has 1 heterocycles. The third-order valence-electron chi connectivity index (χ3n) is 3.56. The Morgan fingerprint density at radius 1 is 1.29 bits per heavy atom. The van der Waals surface area contributed by atoms with E-state index in [0.29, 0.717) is 13.0 Å². The third kappa shape index (κ3) is 2.96. The Hall–Kier alpha value is -2.18. The quantitative estimate of drug-likeness (QED) is 0.666. The van der Waals surface area contributed by atoms with Crippen molar-refractivity contribution in [3.05, 3.63) is 29.3 Å².